The van der Waals surface area contributed by atoms with E-state index in [1.807, 2.05) is 0 Å². The second-order valence-electron chi connectivity index (χ2n) is 7.34. The maximum Gasteiger partial charge on any atom is 0.432 e. The van der Waals surface area contributed by atoms with Crippen LogP contribution in [0.4, 0.5) is 30.6 Å². The average Bonchev–Trinajstić information content (AvgIpc) is 3.02. The van der Waals surface area contributed by atoms with Crippen molar-refractivity contribution in [2.75, 3.05) is 29.1 Å². The van der Waals surface area contributed by atoms with Crippen molar-refractivity contribution in [3.63, 3.8) is 0 Å². The quantitative estimate of drug-likeness (QED) is 0.826. The van der Waals surface area contributed by atoms with Crippen molar-refractivity contribution in [3.8, 4) is 0 Å². The summed E-state index contributed by atoms with van der Waals surface area (Å²) in [4.78, 5) is 25.9. The highest BCUT2D eigenvalue weighted by molar-refractivity contribution is 6.00. The van der Waals surface area contributed by atoms with Crippen LogP contribution in [-0.4, -0.2) is 45.1 Å². The first-order valence-corrected chi connectivity index (χ1v) is 8.94. The number of imidazole rings is 1. The zero-order chi connectivity index (χ0) is 20.1. The molecule has 0 unspecified atom stereocenters. The fraction of sp³-hybridized carbons (Fsp3) is 0.529. The standard InChI is InChI=1S/C17H20F3N7O/c1-9-14-15(26(2)7-13(28)24-14)25-16(22-9)23-11-3-10(4-11)6-27-8-21-5-12(27)17(18,19)20/h5,8,10-11H,3-4,6-7H2,1-2H3,(H,24,28)(H,22,23,25)/t10-,11+. The highest BCUT2D eigenvalue weighted by atomic mass is 19.4. The Bertz CT molecular complexity index is 905. The van der Waals surface area contributed by atoms with Gasteiger partial charge in [-0.2, -0.15) is 18.2 Å². The lowest BCUT2D eigenvalue weighted by atomic mass is 9.80. The molecule has 1 amide bonds. The fourth-order valence-corrected chi connectivity index (χ4v) is 3.68. The van der Waals surface area contributed by atoms with Crippen LogP contribution in [0.2, 0.25) is 0 Å². The third kappa shape index (κ3) is 3.48. The minimum absolute atomic E-state index is 0.101. The van der Waals surface area contributed by atoms with Crippen molar-refractivity contribution >= 4 is 23.4 Å². The number of fused-ring (bicyclic) bond motifs is 1. The Balaban J connectivity index is 1.38. The van der Waals surface area contributed by atoms with E-state index in [1.54, 1.807) is 18.9 Å². The predicted octanol–water partition coefficient (Wildman–Crippen LogP) is 2.28. The summed E-state index contributed by atoms with van der Waals surface area (Å²) in [6.07, 6.45) is -0.867. The Labute approximate surface area is 159 Å². The van der Waals surface area contributed by atoms with Gasteiger partial charge in [0.15, 0.2) is 5.82 Å². The number of rotatable bonds is 4. The maximum atomic E-state index is 12.9. The zero-order valence-corrected chi connectivity index (χ0v) is 15.4. The summed E-state index contributed by atoms with van der Waals surface area (Å²) >= 11 is 0. The number of hydrogen-bond acceptors (Lipinski definition) is 6. The number of nitrogens with zero attached hydrogens (tertiary/aromatic N) is 5. The molecule has 0 bridgehead atoms. The molecule has 1 fully saturated rings. The summed E-state index contributed by atoms with van der Waals surface area (Å²) in [7, 11) is 1.79. The number of halogens is 3. The van der Waals surface area contributed by atoms with E-state index in [9.17, 15) is 18.0 Å². The molecule has 0 radical (unpaired) electrons. The monoisotopic (exact) mass is 395 g/mol. The number of aryl methyl sites for hydroxylation is 1. The molecule has 1 aliphatic heterocycles. The zero-order valence-electron chi connectivity index (χ0n) is 15.4. The lowest BCUT2D eigenvalue weighted by Gasteiger charge is -2.36. The summed E-state index contributed by atoms with van der Waals surface area (Å²) in [5.74, 6) is 1.13. The van der Waals surface area contributed by atoms with Crippen molar-refractivity contribution in [2.45, 2.75) is 38.5 Å². The third-order valence-corrected chi connectivity index (χ3v) is 5.10. The molecule has 1 saturated carbocycles. The van der Waals surface area contributed by atoms with Gasteiger partial charge < -0.3 is 20.1 Å². The Hall–Kier alpha value is -2.85. The van der Waals surface area contributed by atoms with E-state index < -0.39 is 11.9 Å². The Morgan fingerprint density at radius 2 is 2.07 bits per heavy atom. The molecule has 0 spiro atoms. The van der Waals surface area contributed by atoms with Crippen molar-refractivity contribution in [3.05, 3.63) is 23.9 Å². The van der Waals surface area contributed by atoms with Gasteiger partial charge in [-0.05, 0) is 25.7 Å². The predicted molar refractivity (Wildman–Crippen MR) is 96.0 cm³/mol. The van der Waals surface area contributed by atoms with Gasteiger partial charge in [-0.1, -0.05) is 0 Å². The molecule has 2 aromatic heterocycles. The Kier molecular flexibility index (Phi) is 4.39. The molecule has 2 aromatic rings. The van der Waals surface area contributed by atoms with Crippen LogP contribution in [0.15, 0.2) is 12.5 Å². The van der Waals surface area contributed by atoms with Crippen LogP contribution in [-0.2, 0) is 17.5 Å². The van der Waals surface area contributed by atoms with Crippen LogP contribution in [0.25, 0.3) is 0 Å². The van der Waals surface area contributed by atoms with E-state index in [0.29, 0.717) is 23.1 Å². The number of amides is 1. The van der Waals surface area contributed by atoms with Gasteiger partial charge >= 0.3 is 6.18 Å². The SMILES string of the molecule is Cc1nc(N[C@H]2C[C@@H](Cn3cncc3C(F)(F)F)C2)nc2c1NC(=O)CN2C. The minimum atomic E-state index is -4.39. The number of nitrogens with one attached hydrogen (secondary N) is 2. The van der Waals surface area contributed by atoms with Crippen LogP contribution in [0.1, 0.15) is 24.2 Å². The van der Waals surface area contributed by atoms with Gasteiger partial charge in [-0.3, -0.25) is 4.79 Å². The van der Waals surface area contributed by atoms with Crippen LogP contribution in [0, 0.1) is 12.8 Å². The molecule has 2 N–H and O–H groups in total. The average molecular weight is 395 g/mol. The Morgan fingerprint density at radius 1 is 1.32 bits per heavy atom. The molecular weight excluding hydrogens is 375 g/mol. The summed E-state index contributed by atoms with van der Waals surface area (Å²) < 4.78 is 40.0. The fourth-order valence-electron chi connectivity index (χ4n) is 3.68. The van der Waals surface area contributed by atoms with Gasteiger partial charge in [0.1, 0.15) is 11.4 Å². The number of carbonyl (C=O) groups excluding carboxylic acids is 1. The Morgan fingerprint density at radius 3 is 2.79 bits per heavy atom. The second-order valence-corrected chi connectivity index (χ2v) is 7.34. The van der Waals surface area contributed by atoms with Gasteiger partial charge in [0, 0.05) is 19.6 Å². The molecular formula is C17H20F3N7O. The lowest BCUT2D eigenvalue weighted by Crippen LogP contribution is -2.39. The van der Waals surface area contributed by atoms with E-state index in [0.717, 1.165) is 23.6 Å². The van der Waals surface area contributed by atoms with E-state index >= 15 is 0 Å². The van der Waals surface area contributed by atoms with E-state index in [2.05, 4.69) is 25.6 Å². The second kappa shape index (κ2) is 6.64. The van der Waals surface area contributed by atoms with Gasteiger partial charge in [0.2, 0.25) is 11.9 Å². The summed E-state index contributed by atoms with van der Waals surface area (Å²) in [5.41, 5.74) is 0.551. The minimum Gasteiger partial charge on any atom is -0.351 e. The van der Waals surface area contributed by atoms with Gasteiger partial charge in [0.05, 0.1) is 24.8 Å². The molecule has 11 heteroatoms. The number of alkyl halides is 3. The van der Waals surface area contributed by atoms with Gasteiger partial charge in [-0.25, -0.2) is 9.97 Å². The summed E-state index contributed by atoms with van der Waals surface area (Å²) in [6.45, 7) is 2.30. The molecule has 28 heavy (non-hydrogen) atoms. The molecule has 3 heterocycles. The van der Waals surface area contributed by atoms with Crippen molar-refractivity contribution in [2.24, 2.45) is 5.92 Å². The first kappa shape index (κ1) is 18.5. The molecule has 2 aliphatic rings. The molecule has 1 aliphatic carbocycles. The molecule has 8 nitrogen and oxygen atoms in total. The summed E-state index contributed by atoms with van der Waals surface area (Å²) in [6, 6.07) is 0.101. The van der Waals surface area contributed by atoms with Gasteiger partial charge in [0.25, 0.3) is 0 Å². The number of anilines is 3. The molecule has 0 aromatic carbocycles. The van der Waals surface area contributed by atoms with Crippen LogP contribution in [0.3, 0.4) is 0 Å². The van der Waals surface area contributed by atoms with Crippen LogP contribution in [0.5, 0.6) is 0 Å². The van der Waals surface area contributed by atoms with Crippen molar-refractivity contribution in [1.82, 2.24) is 19.5 Å². The van der Waals surface area contributed by atoms with Crippen molar-refractivity contribution < 1.29 is 18.0 Å². The number of likely N-dealkylation sites (N-methyl/N-ethyl adjacent to an activating group) is 1. The first-order valence-electron chi connectivity index (χ1n) is 8.94. The van der Waals surface area contributed by atoms with E-state index in [1.165, 1.54) is 6.33 Å². The topological polar surface area (TPSA) is 88.0 Å². The normalized spacial score (nSPS) is 21.8. The smallest absolute Gasteiger partial charge is 0.351 e. The lowest BCUT2D eigenvalue weighted by molar-refractivity contribution is -0.144. The molecule has 0 atom stereocenters. The number of carbonyl (C=O) groups is 1. The highest BCUT2D eigenvalue weighted by Gasteiger charge is 2.37. The molecule has 4 rings (SSSR count). The van der Waals surface area contributed by atoms with E-state index in [4.69, 9.17) is 0 Å². The largest absolute Gasteiger partial charge is 0.432 e. The first-order chi connectivity index (χ1) is 13.2. The molecule has 150 valence electrons. The van der Waals surface area contributed by atoms with Crippen LogP contribution < -0.4 is 15.5 Å². The third-order valence-electron chi connectivity index (χ3n) is 5.10. The van der Waals surface area contributed by atoms with E-state index in [-0.39, 0.29) is 31.0 Å². The van der Waals surface area contributed by atoms with Crippen molar-refractivity contribution in [1.29, 1.82) is 0 Å². The molecule has 0 saturated heterocycles. The number of aromatic nitrogens is 4. The van der Waals surface area contributed by atoms with Crippen LogP contribution >= 0.6 is 0 Å². The highest BCUT2D eigenvalue weighted by Crippen LogP contribution is 2.35. The maximum absolute atomic E-state index is 12.9. The summed E-state index contributed by atoms with van der Waals surface area (Å²) in [5, 5.41) is 6.03. The van der Waals surface area contributed by atoms with Gasteiger partial charge in [-0.15, -0.1) is 0 Å². The number of hydrogen-bond donors (Lipinski definition) is 2.